The molecule has 3 aromatic rings. The molecule has 0 heterocycles. The SMILES string of the molecule is COc1ccc(-c2ccc3cc(C(=O)O)ccc3c2)cc1C12CC3CC(CC(C3)C1)C2.[CH2]CO. The minimum atomic E-state index is -0.888. The first kappa shape index (κ1) is 22.9. The molecule has 0 aliphatic heterocycles. The first-order chi connectivity index (χ1) is 16.4. The Hall–Kier alpha value is -2.85. The number of aliphatic hydroxyl groups is 1. The highest BCUT2D eigenvalue weighted by molar-refractivity contribution is 5.95. The summed E-state index contributed by atoms with van der Waals surface area (Å²) in [6, 6.07) is 18.4. The first-order valence-corrected chi connectivity index (χ1v) is 12.3. The van der Waals surface area contributed by atoms with Crippen molar-refractivity contribution in [2.24, 2.45) is 17.8 Å². The summed E-state index contributed by atoms with van der Waals surface area (Å²) in [4.78, 5) is 11.3. The summed E-state index contributed by atoms with van der Waals surface area (Å²) in [5, 5.41) is 18.7. The third-order valence-electron chi connectivity index (χ3n) is 8.23. The van der Waals surface area contributed by atoms with Crippen molar-refractivity contribution in [2.45, 2.75) is 43.9 Å². The number of fused-ring (bicyclic) bond motifs is 1. The molecule has 0 saturated heterocycles. The molecule has 2 N–H and O–H groups in total. The Labute approximate surface area is 201 Å². The number of carboxylic acids is 1. The second-order valence-electron chi connectivity index (χ2n) is 10.4. The third-order valence-corrected chi connectivity index (χ3v) is 8.23. The lowest BCUT2D eigenvalue weighted by Gasteiger charge is -2.57. The van der Waals surface area contributed by atoms with Gasteiger partial charge < -0.3 is 14.9 Å². The predicted molar refractivity (Wildman–Crippen MR) is 135 cm³/mol. The van der Waals surface area contributed by atoms with Crippen LogP contribution in [0.15, 0.2) is 54.6 Å². The van der Waals surface area contributed by atoms with Gasteiger partial charge >= 0.3 is 5.97 Å². The highest BCUT2D eigenvalue weighted by atomic mass is 16.5. The van der Waals surface area contributed by atoms with Gasteiger partial charge in [0.15, 0.2) is 0 Å². The van der Waals surface area contributed by atoms with Gasteiger partial charge in [-0.05, 0) is 121 Å². The van der Waals surface area contributed by atoms with E-state index in [1.807, 2.05) is 12.1 Å². The van der Waals surface area contributed by atoms with Gasteiger partial charge in [0.1, 0.15) is 5.75 Å². The lowest BCUT2D eigenvalue weighted by atomic mass is 9.48. The minimum Gasteiger partial charge on any atom is -0.496 e. The molecule has 0 aromatic heterocycles. The van der Waals surface area contributed by atoms with E-state index < -0.39 is 5.97 Å². The van der Waals surface area contributed by atoms with Gasteiger partial charge in [-0.25, -0.2) is 4.79 Å². The zero-order valence-electron chi connectivity index (χ0n) is 19.8. The summed E-state index contributed by atoms with van der Waals surface area (Å²) in [7, 11) is 1.80. The average molecular weight is 458 g/mol. The highest BCUT2D eigenvalue weighted by Gasteiger charge is 2.52. The van der Waals surface area contributed by atoms with Gasteiger partial charge in [-0.15, -0.1) is 0 Å². The summed E-state index contributed by atoms with van der Waals surface area (Å²) < 4.78 is 5.88. The molecule has 4 bridgehead atoms. The molecular formula is C30H33O4. The van der Waals surface area contributed by atoms with Crippen LogP contribution in [0.25, 0.3) is 21.9 Å². The fourth-order valence-electron chi connectivity index (χ4n) is 7.30. The molecule has 0 spiro atoms. The van der Waals surface area contributed by atoms with E-state index in [0.717, 1.165) is 34.3 Å². The normalized spacial score (nSPS) is 26.7. The van der Waals surface area contributed by atoms with Crippen LogP contribution in [0.5, 0.6) is 5.75 Å². The molecule has 1 radical (unpaired) electrons. The number of benzene rings is 3. The van der Waals surface area contributed by atoms with E-state index in [0.29, 0.717) is 5.56 Å². The molecule has 4 nitrogen and oxygen atoms in total. The number of aromatic carboxylic acids is 1. The summed E-state index contributed by atoms with van der Waals surface area (Å²) in [5.41, 5.74) is 4.41. The Balaban J connectivity index is 0.000000764. The Bertz CT molecular complexity index is 1180. The van der Waals surface area contributed by atoms with E-state index in [4.69, 9.17) is 9.84 Å². The Morgan fingerprint density at radius 2 is 1.44 bits per heavy atom. The third kappa shape index (κ3) is 4.09. The van der Waals surface area contributed by atoms with E-state index in [2.05, 4.69) is 37.3 Å². The summed E-state index contributed by atoms with van der Waals surface area (Å²) in [6.07, 6.45) is 8.25. The molecule has 3 aromatic carbocycles. The van der Waals surface area contributed by atoms with Crippen LogP contribution in [0.4, 0.5) is 0 Å². The Morgan fingerprint density at radius 3 is 2.03 bits per heavy atom. The van der Waals surface area contributed by atoms with Crippen molar-refractivity contribution in [3.63, 3.8) is 0 Å². The minimum absolute atomic E-state index is 0. The zero-order valence-corrected chi connectivity index (χ0v) is 19.8. The second-order valence-corrected chi connectivity index (χ2v) is 10.4. The van der Waals surface area contributed by atoms with Crippen LogP contribution < -0.4 is 4.74 Å². The molecule has 4 heteroatoms. The number of hydrogen-bond donors (Lipinski definition) is 2. The van der Waals surface area contributed by atoms with Crippen LogP contribution in [0.1, 0.15) is 54.4 Å². The maximum atomic E-state index is 11.3. The second kappa shape index (κ2) is 9.07. The zero-order chi connectivity index (χ0) is 23.9. The van der Waals surface area contributed by atoms with E-state index in [1.54, 1.807) is 19.2 Å². The molecule has 0 unspecified atom stereocenters. The number of aliphatic hydroxyl groups excluding tert-OH is 1. The molecule has 7 rings (SSSR count). The van der Waals surface area contributed by atoms with E-state index >= 15 is 0 Å². The lowest BCUT2D eigenvalue weighted by Crippen LogP contribution is -2.48. The molecule has 4 aliphatic rings. The van der Waals surface area contributed by atoms with Crippen molar-refractivity contribution in [3.05, 3.63) is 72.6 Å². The maximum Gasteiger partial charge on any atom is 0.335 e. The Kier molecular flexibility index (Phi) is 6.11. The number of ether oxygens (including phenoxy) is 1. The molecule has 4 saturated carbocycles. The molecule has 0 atom stereocenters. The number of hydrogen-bond acceptors (Lipinski definition) is 3. The number of carboxylic acid groups (broad SMARTS) is 1. The fraction of sp³-hybridized carbons (Fsp3) is 0.400. The molecule has 4 fully saturated rings. The van der Waals surface area contributed by atoms with Crippen molar-refractivity contribution in [1.82, 2.24) is 0 Å². The van der Waals surface area contributed by atoms with Crippen LogP contribution in [-0.4, -0.2) is 29.9 Å². The molecule has 0 amide bonds. The van der Waals surface area contributed by atoms with Gasteiger partial charge in [0.05, 0.1) is 12.7 Å². The summed E-state index contributed by atoms with van der Waals surface area (Å²) in [5.74, 6) is 2.83. The predicted octanol–water partition coefficient (Wildman–Crippen LogP) is 6.49. The van der Waals surface area contributed by atoms with E-state index in [1.165, 1.54) is 55.2 Å². The van der Waals surface area contributed by atoms with Gasteiger partial charge in [-0.3, -0.25) is 0 Å². The first-order valence-electron chi connectivity index (χ1n) is 12.3. The van der Waals surface area contributed by atoms with Crippen LogP contribution >= 0.6 is 0 Å². The van der Waals surface area contributed by atoms with Crippen molar-refractivity contribution in [2.75, 3.05) is 13.7 Å². The van der Waals surface area contributed by atoms with Crippen LogP contribution in [-0.2, 0) is 5.41 Å². The van der Waals surface area contributed by atoms with Gasteiger partial charge in [0, 0.05) is 12.2 Å². The average Bonchev–Trinajstić information content (AvgIpc) is 2.82. The van der Waals surface area contributed by atoms with Gasteiger partial charge in [0.25, 0.3) is 0 Å². The highest BCUT2D eigenvalue weighted by Crippen LogP contribution is 2.62. The van der Waals surface area contributed by atoms with Crippen molar-refractivity contribution >= 4 is 16.7 Å². The quantitative estimate of drug-likeness (QED) is 0.470. The largest absolute Gasteiger partial charge is 0.496 e. The van der Waals surface area contributed by atoms with Crippen LogP contribution in [0.3, 0.4) is 0 Å². The van der Waals surface area contributed by atoms with Crippen molar-refractivity contribution < 1.29 is 19.7 Å². The standard InChI is InChI=1S/C28H28O3.C2H5O/c1-31-26-7-6-23(21-2-3-22-12-24(27(29)30)5-4-20(22)11-21)13-25(26)28-14-17-8-18(15-28)10-19(9-17)16-28;1-2-3/h2-7,11-13,17-19H,8-10,14-16H2,1H3,(H,29,30);3H,1-2H2. The molecule has 177 valence electrons. The van der Waals surface area contributed by atoms with Gasteiger partial charge in [-0.1, -0.05) is 24.3 Å². The number of carbonyl (C=O) groups is 1. The molecular weight excluding hydrogens is 424 g/mol. The molecule has 34 heavy (non-hydrogen) atoms. The van der Waals surface area contributed by atoms with Crippen molar-refractivity contribution in [3.8, 4) is 16.9 Å². The van der Waals surface area contributed by atoms with E-state index in [9.17, 15) is 9.90 Å². The fourth-order valence-corrected chi connectivity index (χ4v) is 7.30. The Morgan fingerprint density at radius 1 is 0.912 bits per heavy atom. The summed E-state index contributed by atoms with van der Waals surface area (Å²) >= 11 is 0. The molecule has 4 aliphatic carbocycles. The van der Waals surface area contributed by atoms with Crippen molar-refractivity contribution in [1.29, 1.82) is 0 Å². The lowest BCUT2D eigenvalue weighted by molar-refractivity contribution is -0.00613. The van der Waals surface area contributed by atoms with Gasteiger partial charge in [0.2, 0.25) is 0 Å². The number of rotatable bonds is 4. The topological polar surface area (TPSA) is 66.8 Å². The van der Waals surface area contributed by atoms with Crippen LogP contribution in [0.2, 0.25) is 0 Å². The maximum absolute atomic E-state index is 11.3. The van der Waals surface area contributed by atoms with Gasteiger partial charge in [-0.2, -0.15) is 0 Å². The number of methoxy groups -OCH3 is 1. The van der Waals surface area contributed by atoms with E-state index in [-0.39, 0.29) is 12.0 Å². The van der Waals surface area contributed by atoms with Crippen LogP contribution in [0, 0.1) is 24.7 Å². The smallest absolute Gasteiger partial charge is 0.335 e. The summed E-state index contributed by atoms with van der Waals surface area (Å²) in [6.45, 7) is 3.04. The monoisotopic (exact) mass is 457 g/mol.